The first kappa shape index (κ1) is 19.4. The maximum Gasteiger partial charge on any atom is 0.310 e. The zero-order valence-electron chi connectivity index (χ0n) is 14.7. The molecule has 0 saturated heterocycles. The number of carbonyl (C=O) groups excluding carboxylic acids is 1. The summed E-state index contributed by atoms with van der Waals surface area (Å²) in [5.41, 5.74) is 2.35. The number of aryl methyl sites for hydroxylation is 2. The lowest BCUT2D eigenvalue weighted by atomic mass is 10.1. The Balaban J connectivity index is 2.27. The van der Waals surface area contributed by atoms with E-state index in [-0.39, 0.29) is 24.8 Å². The Morgan fingerprint density at radius 2 is 1.80 bits per heavy atom. The molecule has 0 atom stereocenters. The van der Waals surface area contributed by atoms with E-state index >= 15 is 0 Å². The van der Waals surface area contributed by atoms with Gasteiger partial charge in [0.05, 0.1) is 0 Å². The van der Waals surface area contributed by atoms with Crippen LogP contribution in [0, 0.1) is 5.82 Å². The molecule has 3 nitrogen and oxygen atoms in total. The summed E-state index contributed by atoms with van der Waals surface area (Å²) in [6.45, 7) is 5.84. The van der Waals surface area contributed by atoms with E-state index in [1.807, 2.05) is 26.0 Å². The molecule has 5 heteroatoms. The van der Waals surface area contributed by atoms with E-state index in [0.29, 0.717) is 29.0 Å². The maximum atomic E-state index is 14.1. The highest BCUT2D eigenvalue weighted by Crippen LogP contribution is 2.30. The predicted molar refractivity (Wildman–Crippen MR) is 99.6 cm³/mol. The van der Waals surface area contributed by atoms with Gasteiger partial charge in [0, 0.05) is 22.5 Å². The third-order valence-electron chi connectivity index (χ3n) is 3.95. The fourth-order valence-corrected chi connectivity index (χ4v) is 2.91. The molecule has 134 valence electrons. The first-order valence-corrected chi connectivity index (χ1v) is 9.21. The van der Waals surface area contributed by atoms with E-state index in [2.05, 4.69) is 15.9 Å². The molecule has 2 aromatic carbocycles. The Labute approximate surface area is 156 Å². The van der Waals surface area contributed by atoms with Crippen LogP contribution >= 0.6 is 15.9 Å². The highest BCUT2D eigenvalue weighted by molar-refractivity contribution is 9.10. The second kappa shape index (κ2) is 8.99. The van der Waals surface area contributed by atoms with Gasteiger partial charge >= 0.3 is 5.97 Å². The van der Waals surface area contributed by atoms with Gasteiger partial charge in [-0.1, -0.05) is 42.8 Å². The number of hydrogen-bond acceptors (Lipinski definition) is 3. The SMILES string of the molecule is CCC(=O)Oc1cccc(Br)c1COc1cc(F)c(CC)cc1CC. The Kier molecular flexibility index (Phi) is 7.00. The fourth-order valence-electron chi connectivity index (χ4n) is 2.45. The predicted octanol–water partition coefficient (Wildman–Crippen LogP) is 5.61. The van der Waals surface area contributed by atoms with Gasteiger partial charge < -0.3 is 9.47 Å². The van der Waals surface area contributed by atoms with Crippen LogP contribution in [-0.2, 0) is 24.2 Å². The number of esters is 1. The van der Waals surface area contributed by atoms with Crippen molar-refractivity contribution in [2.45, 2.75) is 46.6 Å². The monoisotopic (exact) mass is 408 g/mol. The van der Waals surface area contributed by atoms with Crippen LogP contribution in [0.2, 0.25) is 0 Å². The molecule has 0 bridgehead atoms. The molecule has 0 aliphatic carbocycles. The van der Waals surface area contributed by atoms with Crippen molar-refractivity contribution in [1.29, 1.82) is 0 Å². The second-order valence-corrected chi connectivity index (χ2v) is 6.45. The molecule has 0 unspecified atom stereocenters. The summed E-state index contributed by atoms with van der Waals surface area (Å²) < 4.78 is 26.1. The maximum absolute atomic E-state index is 14.1. The first-order valence-electron chi connectivity index (χ1n) is 8.42. The van der Waals surface area contributed by atoms with E-state index in [1.54, 1.807) is 19.1 Å². The molecule has 0 aliphatic heterocycles. The summed E-state index contributed by atoms with van der Waals surface area (Å²) in [6, 6.07) is 8.65. The van der Waals surface area contributed by atoms with Crippen molar-refractivity contribution in [3.05, 3.63) is 57.3 Å². The molecule has 0 saturated carbocycles. The summed E-state index contributed by atoms with van der Waals surface area (Å²) in [6.07, 6.45) is 1.67. The standard InChI is InChI=1S/C20H22BrFO3/c1-4-13-10-14(5-2)19(11-17(13)22)24-12-15-16(21)8-7-9-18(15)25-20(23)6-3/h7-11H,4-6,12H2,1-3H3. The van der Waals surface area contributed by atoms with E-state index < -0.39 is 0 Å². The van der Waals surface area contributed by atoms with Gasteiger partial charge in [0.25, 0.3) is 0 Å². The van der Waals surface area contributed by atoms with Crippen LogP contribution in [0.3, 0.4) is 0 Å². The first-order chi connectivity index (χ1) is 12.0. The minimum atomic E-state index is -0.313. The van der Waals surface area contributed by atoms with Crippen molar-refractivity contribution < 1.29 is 18.7 Å². The highest BCUT2D eigenvalue weighted by atomic mass is 79.9. The molecule has 0 N–H and O–H groups in total. The Hall–Kier alpha value is -1.88. The van der Waals surface area contributed by atoms with Crippen LogP contribution in [0.1, 0.15) is 43.9 Å². The van der Waals surface area contributed by atoms with Gasteiger partial charge in [0.2, 0.25) is 0 Å². The van der Waals surface area contributed by atoms with Gasteiger partial charge in [-0.15, -0.1) is 0 Å². The van der Waals surface area contributed by atoms with Crippen LogP contribution in [0.25, 0.3) is 0 Å². The molecule has 0 radical (unpaired) electrons. The van der Waals surface area contributed by atoms with Crippen LogP contribution < -0.4 is 9.47 Å². The van der Waals surface area contributed by atoms with Crippen molar-refractivity contribution in [1.82, 2.24) is 0 Å². The molecule has 2 aromatic rings. The van der Waals surface area contributed by atoms with E-state index in [1.165, 1.54) is 6.07 Å². The van der Waals surface area contributed by atoms with Crippen molar-refractivity contribution in [3.63, 3.8) is 0 Å². The minimum Gasteiger partial charge on any atom is -0.488 e. The topological polar surface area (TPSA) is 35.5 Å². The second-order valence-electron chi connectivity index (χ2n) is 5.59. The third-order valence-corrected chi connectivity index (χ3v) is 4.69. The average Bonchev–Trinajstić information content (AvgIpc) is 2.61. The number of hydrogen-bond donors (Lipinski definition) is 0. The van der Waals surface area contributed by atoms with Crippen LogP contribution in [0.4, 0.5) is 4.39 Å². The normalized spacial score (nSPS) is 10.6. The highest BCUT2D eigenvalue weighted by Gasteiger charge is 2.14. The van der Waals surface area contributed by atoms with Crippen LogP contribution in [0.5, 0.6) is 11.5 Å². The lowest BCUT2D eigenvalue weighted by Gasteiger charge is -2.15. The number of carbonyl (C=O) groups is 1. The Morgan fingerprint density at radius 1 is 1.08 bits per heavy atom. The molecule has 0 spiro atoms. The fraction of sp³-hybridized carbons (Fsp3) is 0.350. The lowest BCUT2D eigenvalue weighted by Crippen LogP contribution is -2.09. The average molecular weight is 409 g/mol. The van der Waals surface area contributed by atoms with Gasteiger partial charge in [-0.3, -0.25) is 4.79 Å². The number of rotatable bonds is 7. The van der Waals surface area contributed by atoms with Crippen molar-refractivity contribution >= 4 is 21.9 Å². The van der Waals surface area contributed by atoms with Crippen LogP contribution in [-0.4, -0.2) is 5.97 Å². The molecule has 0 aliphatic rings. The van der Waals surface area contributed by atoms with Gasteiger partial charge in [0.1, 0.15) is 23.9 Å². The smallest absolute Gasteiger partial charge is 0.310 e. The van der Waals surface area contributed by atoms with E-state index in [0.717, 1.165) is 16.5 Å². The summed E-state index contributed by atoms with van der Waals surface area (Å²) in [7, 11) is 0. The largest absolute Gasteiger partial charge is 0.488 e. The van der Waals surface area contributed by atoms with Crippen LogP contribution in [0.15, 0.2) is 34.8 Å². The van der Waals surface area contributed by atoms with Gasteiger partial charge in [0.15, 0.2) is 0 Å². The summed E-state index contributed by atoms with van der Waals surface area (Å²) in [4.78, 5) is 11.6. The molecule has 25 heavy (non-hydrogen) atoms. The van der Waals surface area contributed by atoms with Gasteiger partial charge in [-0.05, 0) is 42.2 Å². The zero-order chi connectivity index (χ0) is 18.4. The number of benzene rings is 2. The van der Waals surface area contributed by atoms with E-state index in [9.17, 15) is 9.18 Å². The molecule has 0 amide bonds. The summed E-state index contributed by atoms with van der Waals surface area (Å²) in [5, 5.41) is 0. The van der Waals surface area contributed by atoms with Gasteiger partial charge in [-0.25, -0.2) is 4.39 Å². The molecular weight excluding hydrogens is 387 g/mol. The molecule has 0 aromatic heterocycles. The Bertz CT molecular complexity index is 759. The molecule has 2 rings (SSSR count). The Morgan fingerprint density at radius 3 is 2.44 bits per heavy atom. The van der Waals surface area contributed by atoms with E-state index in [4.69, 9.17) is 9.47 Å². The number of halogens is 2. The van der Waals surface area contributed by atoms with Crippen molar-refractivity contribution in [3.8, 4) is 11.5 Å². The minimum absolute atomic E-state index is 0.172. The summed E-state index contributed by atoms with van der Waals surface area (Å²) in [5.74, 6) is 0.386. The van der Waals surface area contributed by atoms with Gasteiger partial charge in [-0.2, -0.15) is 0 Å². The molecular formula is C20H22BrFO3. The van der Waals surface area contributed by atoms with Crippen molar-refractivity contribution in [2.75, 3.05) is 0 Å². The molecule has 0 fully saturated rings. The zero-order valence-corrected chi connectivity index (χ0v) is 16.3. The quantitative estimate of drug-likeness (QED) is 0.441. The lowest BCUT2D eigenvalue weighted by molar-refractivity contribution is -0.134. The summed E-state index contributed by atoms with van der Waals surface area (Å²) >= 11 is 3.46. The van der Waals surface area contributed by atoms with Crippen molar-refractivity contribution in [2.24, 2.45) is 0 Å². The number of ether oxygens (including phenoxy) is 2. The molecule has 0 heterocycles. The third kappa shape index (κ3) is 4.82.